The highest BCUT2D eigenvalue weighted by molar-refractivity contribution is 5.97. The molecule has 0 aromatic heterocycles. The van der Waals surface area contributed by atoms with Crippen molar-refractivity contribution < 1.29 is 14.3 Å². The van der Waals surface area contributed by atoms with Crippen molar-refractivity contribution in [2.45, 2.75) is 13.8 Å². The van der Waals surface area contributed by atoms with E-state index >= 15 is 0 Å². The van der Waals surface area contributed by atoms with Gasteiger partial charge in [0.1, 0.15) is 0 Å². The molecule has 0 heterocycles. The number of esters is 1. The van der Waals surface area contributed by atoms with Gasteiger partial charge >= 0.3 is 5.97 Å². The molecule has 3 heteroatoms. The van der Waals surface area contributed by atoms with Crippen LogP contribution in [-0.2, 0) is 4.74 Å². The van der Waals surface area contributed by atoms with Gasteiger partial charge < -0.3 is 4.74 Å². The maximum Gasteiger partial charge on any atom is 0.337 e. The zero-order valence-electron chi connectivity index (χ0n) is 8.46. The molecule has 74 valence electrons. The fraction of sp³-hybridized carbons (Fsp3) is 0.273. The second kappa shape index (κ2) is 4.05. The minimum atomic E-state index is -0.386. The lowest BCUT2D eigenvalue weighted by atomic mass is 10.0. The van der Waals surface area contributed by atoms with E-state index in [-0.39, 0.29) is 11.8 Å². The summed E-state index contributed by atoms with van der Waals surface area (Å²) in [5, 5.41) is 0. The first-order chi connectivity index (χ1) is 6.56. The minimum Gasteiger partial charge on any atom is -0.465 e. The van der Waals surface area contributed by atoms with E-state index in [1.807, 2.05) is 0 Å². The molecule has 0 radical (unpaired) electrons. The van der Waals surface area contributed by atoms with Gasteiger partial charge in [0, 0.05) is 5.56 Å². The molecule has 3 nitrogen and oxygen atoms in total. The SMILES string of the molecule is COC(=O)c1ccc(C(C)=O)c(C)c1. The number of rotatable bonds is 2. The molecule has 1 aromatic carbocycles. The lowest BCUT2D eigenvalue weighted by Gasteiger charge is -2.04. The van der Waals surface area contributed by atoms with Gasteiger partial charge in [-0.15, -0.1) is 0 Å². The monoisotopic (exact) mass is 192 g/mol. The number of methoxy groups -OCH3 is 1. The van der Waals surface area contributed by atoms with Crippen molar-refractivity contribution in [2.24, 2.45) is 0 Å². The molecular weight excluding hydrogens is 180 g/mol. The van der Waals surface area contributed by atoms with Crippen LogP contribution < -0.4 is 0 Å². The van der Waals surface area contributed by atoms with Gasteiger partial charge in [0.15, 0.2) is 5.78 Å². The third-order valence-electron chi connectivity index (χ3n) is 2.03. The van der Waals surface area contributed by atoms with Crippen LogP contribution in [0.25, 0.3) is 0 Å². The molecule has 0 amide bonds. The van der Waals surface area contributed by atoms with E-state index < -0.39 is 0 Å². The third-order valence-corrected chi connectivity index (χ3v) is 2.03. The second-order valence-corrected chi connectivity index (χ2v) is 3.08. The van der Waals surface area contributed by atoms with Crippen LogP contribution in [0, 0.1) is 6.92 Å². The number of carbonyl (C=O) groups is 2. The van der Waals surface area contributed by atoms with Gasteiger partial charge in [-0.1, -0.05) is 6.07 Å². The zero-order chi connectivity index (χ0) is 10.7. The summed E-state index contributed by atoms with van der Waals surface area (Å²) < 4.78 is 4.57. The predicted octanol–water partition coefficient (Wildman–Crippen LogP) is 1.98. The molecule has 0 N–H and O–H groups in total. The summed E-state index contributed by atoms with van der Waals surface area (Å²) >= 11 is 0. The number of carbonyl (C=O) groups excluding carboxylic acids is 2. The zero-order valence-corrected chi connectivity index (χ0v) is 8.46. The molecule has 0 bridgehead atoms. The van der Waals surface area contributed by atoms with Gasteiger partial charge in [0.25, 0.3) is 0 Å². The van der Waals surface area contributed by atoms with E-state index in [2.05, 4.69) is 4.74 Å². The van der Waals surface area contributed by atoms with Crippen molar-refractivity contribution in [3.05, 3.63) is 34.9 Å². The van der Waals surface area contributed by atoms with Crippen LogP contribution in [0.15, 0.2) is 18.2 Å². The molecule has 0 saturated heterocycles. The quantitative estimate of drug-likeness (QED) is 0.531. The third kappa shape index (κ3) is 1.99. The van der Waals surface area contributed by atoms with Crippen molar-refractivity contribution in [1.29, 1.82) is 0 Å². The molecule has 0 fully saturated rings. The standard InChI is InChI=1S/C11H12O3/c1-7-6-9(11(13)14-3)4-5-10(7)8(2)12/h4-6H,1-3H3. The Kier molecular flexibility index (Phi) is 3.02. The minimum absolute atomic E-state index is 0.00100. The first kappa shape index (κ1) is 10.4. The Bertz CT molecular complexity index is 380. The van der Waals surface area contributed by atoms with Crippen molar-refractivity contribution in [3.8, 4) is 0 Å². The van der Waals surface area contributed by atoms with Gasteiger partial charge in [0.05, 0.1) is 12.7 Å². The number of benzene rings is 1. The first-order valence-corrected chi connectivity index (χ1v) is 4.26. The van der Waals surface area contributed by atoms with Crippen molar-refractivity contribution in [2.75, 3.05) is 7.11 Å². The molecule has 0 spiro atoms. The molecule has 0 aliphatic heterocycles. The van der Waals surface area contributed by atoms with Crippen LogP contribution in [0.2, 0.25) is 0 Å². The summed E-state index contributed by atoms with van der Waals surface area (Å²) in [4.78, 5) is 22.2. The molecule has 0 atom stereocenters. The van der Waals surface area contributed by atoms with Crippen LogP contribution in [0.4, 0.5) is 0 Å². The fourth-order valence-electron chi connectivity index (χ4n) is 1.30. The van der Waals surface area contributed by atoms with Crippen molar-refractivity contribution in [3.63, 3.8) is 0 Å². The van der Waals surface area contributed by atoms with Crippen LogP contribution >= 0.6 is 0 Å². The summed E-state index contributed by atoms with van der Waals surface area (Å²) in [5.41, 5.74) is 1.90. The van der Waals surface area contributed by atoms with E-state index in [0.717, 1.165) is 5.56 Å². The Morgan fingerprint density at radius 2 is 1.93 bits per heavy atom. The summed E-state index contributed by atoms with van der Waals surface area (Å²) in [6.45, 7) is 3.29. The average molecular weight is 192 g/mol. The van der Waals surface area contributed by atoms with Gasteiger partial charge in [0.2, 0.25) is 0 Å². The van der Waals surface area contributed by atoms with E-state index in [1.54, 1.807) is 25.1 Å². The number of aryl methyl sites for hydroxylation is 1. The van der Waals surface area contributed by atoms with E-state index in [9.17, 15) is 9.59 Å². The van der Waals surface area contributed by atoms with Crippen molar-refractivity contribution >= 4 is 11.8 Å². The average Bonchev–Trinajstić information content (AvgIpc) is 2.15. The van der Waals surface area contributed by atoms with Crippen LogP contribution in [0.1, 0.15) is 33.2 Å². The molecule has 1 rings (SSSR count). The maximum atomic E-state index is 11.1. The summed E-state index contributed by atoms with van der Waals surface area (Å²) in [7, 11) is 1.33. The molecule has 0 aliphatic rings. The van der Waals surface area contributed by atoms with Crippen LogP contribution in [-0.4, -0.2) is 18.9 Å². The Labute approximate surface area is 82.7 Å². The topological polar surface area (TPSA) is 43.4 Å². The largest absolute Gasteiger partial charge is 0.465 e. The van der Waals surface area contributed by atoms with Crippen LogP contribution in [0.3, 0.4) is 0 Å². The number of Topliss-reactive ketones (excluding diaryl/α,β-unsaturated/α-hetero) is 1. The summed E-state index contributed by atoms with van der Waals surface area (Å²) in [6, 6.07) is 4.89. The molecular formula is C11H12O3. The Morgan fingerprint density at radius 3 is 2.36 bits per heavy atom. The molecule has 1 aromatic rings. The van der Waals surface area contributed by atoms with Gasteiger partial charge in [-0.05, 0) is 31.5 Å². The Morgan fingerprint density at radius 1 is 1.29 bits per heavy atom. The van der Waals surface area contributed by atoms with E-state index in [1.165, 1.54) is 14.0 Å². The second-order valence-electron chi connectivity index (χ2n) is 3.08. The fourth-order valence-corrected chi connectivity index (χ4v) is 1.30. The lowest BCUT2D eigenvalue weighted by molar-refractivity contribution is 0.0600. The number of hydrogen-bond acceptors (Lipinski definition) is 3. The molecule has 0 saturated carbocycles. The smallest absolute Gasteiger partial charge is 0.337 e. The number of ketones is 1. The number of ether oxygens (including phenoxy) is 1. The maximum absolute atomic E-state index is 11.1. The summed E-state index contributed by atoms with van der Waals surface area (Å²) in [6.07, 6.45) is 0. The summed E-state index contributed by atoms with van der Waals surface area (Å²) in [5.74, 6) is -0.387. The predicted molar refractivity (Wildman–Crippen MR) is 52.5 cm³/mol. The van der Waals surface area contributed by atoms with Gasteiger partial charge in [-0.3, -0.25) is 4.79 Å². The van der Waals surface area contributed by atoms with Crippen LogP contribution in [0.5, 0.6) is 0 Å². The van der Waals surface area contributed by atoms with E-state index in [0.29, 0.717) is 11.1 Å². The Hall–Kier alpha value is -1.64. The lowest BCUT2D eigenvalue weighted by Crippen LogP contribution is -2.04. The molecule has 0 aliphatic carbocycles. The molecule has 0 unspecified atom stereocenters. The first-order valence-electron chi connectivity index (χ1n) is 4.26. The highest BCUT2D eigenvalue weighted by Gasteiger charge is 2.09. The normalized spacial score (nSPS) is 9.64. The highest BCUT2D eigenvalue weighted by Crippen LogP contribution is 2.12. The molecule has 14 heavy (non-hydrogen) atoms. The van der Waals surface area contributed by atoms with Crippen molar-refractivity contribution in [1.82, 2.24) is 0 Å². The Balaban J connectivity index is 3.12. The van der Waals surface area contributed by atoms with Gasteiger partial charge in [-0.25, -0.2) is 4.79 Å². The van der Waals surface area contributed by atoms with E-state index in [4.69, 9.17) is 0 Å². The number of hydrogen-bond donors (Lipinski definition) is 0. The highest BCUT2D eigenvalue weighted by atomic mass is 16.5. The van der Waals surface area contributed by atoms with Gasteiger partial charge in [-0.2, -0.15) is 0 Å².